The predicted molar refractivity (Wildman–Crippen MR) is 400 cm³/mol. The number of phosphoric ester groups is 2. The quantitative estimate of drug-likeness (QED) is 0.0169. The van der Waals surface area contributed by atoms with Crippen molar-refractivity contribution in [2.75, 3.05) is 39.6 Å². The van der Waals surface area contributed by atoms with E-state index in [1.165, 1.54) is 167 Å². The average Bonchev–Trinajstić information content (AvgIpc) is 0.977. The Bertz CT molecular complexity index is 2000. The molecule has 0 aliphatic heterocycles. The zero-order valence-corrected chi connectivity index (χ0v) is 64.8. The molecule has 0 radical (unpaired) electrons. The third-order valence-electron chi connectivity index (χ3n) is 17.6. The summed E-state index contributed by atoms with van der Waals surface area (Å²) in [6, 6.07) is 0. The molecule has 0 heterocycles. The second kappa shape index (κ2) is 72.6. The van der Waals surface area contributed by atoms with Crippen molar-refractivity contribution in [3.05, 3.63) is 36.5 Å². The number of rotatable bonds is 77. The van der Waals surface area contributed by atoms with Gasteiger partial charge in [-0.25, -0.2) is 9.13 Å². The number of aliphatic hydroxyl groups excluding tert-OH is 1. The molecule has 17 nitrogen and oxygen atoms in total. The number of esters is 4. The second-order valence-corrected chi connectivity index (χ2v) is 30.3. The van der Waals surface area contributed by atoms with E-state index in [1.807, 2.05) is 0 Å². The highest BCUT2D eigenvalue weighted by Crippen LogP contribution is 2.45. The number of hydrogen-bond acceptors (Lipinski definition) is 15. The highest BCUT2D eigenvalue weighted by atomic mass is 31.2. The molecule has 0 bridgehead atoms. The summed E-state index contributed by atoms with van der Waals surface area (Å²) in [6.45, 7) is 4.92. The average molecular weight is 1430 g/mol. The number of carbonyl (C=O) groups excluding carboxylic acids is 4. The van der Waals surface area contributed by atoms with E-state index >= 15 is 0 Å². The van der Waals surface area contributed by atoms with Crippen LogP contribution < -0.4 is 0 Å². The van der Waals surface area contributed by atoms with Gasteiger partial charge in [0.1, 0.15) is 19.3 Å². The molecule has 0 fully saturated rings. The molecule has 19 heteroatoms. The van der Waals surface area contributed by atoms with Crippen molar-refractivity contribution in [2.24, 2.45) is 0 Å². The van der Waals surface area contributed by atoms with Crippen LogP contribution in [-0.2, 0) is 65.4 Å². The van der Waals surface area contributed by atoms with Crippen LogP contribution in [0.5, 0.6) is 0 Å². The molecule has 0 aromatic heterocycles. The Morgan fingerprint density at radius 3 is 0.714 bits per heavy atom. The van der Waals surface area contributed by atoms with E-state index in [2.05, 4.69) is 64.2 Å². The van der Waals surface area contributed by atoms with Gasteiger partial charge in [-0.2, -0.15) is 0 Å². The summed E-state index contributed by atoms with van der Waals surface area (Å²) in [6.07, 6.45) is 68.3. The lowest BCUT2D eigenvalue weighted by Crippen LogP contribution is -2.30. The van der Waals surface area contributed by atoms with E-state index in [1.54, 1.807) is 0 Å². The van der Waals surface area contributed by atoms with Crippen molar-refractivity contribution < 1.29 is 80.2 Å². The van der Waals surface area contributed by atoms with E-state index in [0.29, 0.717) is 25.7 Å². The molecule has 0 aliphatic rings. The molecule has 0 aromatic carbocycles. The molecule has 0 saturated carbocycles. The largest absolute Gasteiger partial charge is 0.472 e. The number of allylic oxidation sites excluding steroid dienone is 6. The van der Waals surface area contributed by atoms with Crippen molar-refractivity contribution in [3.63, 3.8) is 0 Å². The molecule has 0 spiro atoms. The maximum absolute atomic E-state index is 13.1. The van der Waals surface area contributed by atoms with Gasteiger partial charge < -0.3 is 33.8 Å². The fourth-order valence-electron chi connectivity index (χ4n) is 11.4. The van der Waals surface area contributed by atoms with Gasteiger partial charge in [-0.05, 0) is 103 Å². The van der Waals surface area contributed by atoms with Crippen LogP contribution in [0.25, 0.3) is 0 Å². The molecule has 576 valence electrons. The Morgan fingerprint density at radius 2 is 0.469 bits per heavy atom. The number of unbranched alkanes of at least 4 members (excludes halogenated alkanes) is 45. The van der Waals surface area contributed by atoms with Gasteiger partial charge in [0.05, 0.1) is 26.4 Å². The van der Waals surface area contributed by atoms with Gasteiger partial charge in [-0.1, -0.05) is 295 Å². The first-order valence-electron chi connectivity index (χ1n) is 40.2. The third-order valence-corrected chi connectivity index (χ3v) is 19.5. The molecule has 2 unspecified atom stereocenters. The Morgan fingerprint density at radius 1 is 0.276 bits per heavy atom. The van der Waals surface area contributed by atoms with Gasteiger partial charge in [0, 0.05) is 25.7 Å². The predicted octanol–water partition coefficient (Wildman–Crippen LogP) is 23.1. The van der Waals surface area contributed by atoms with Crippen molar-refractivity contribution in [1.29, 1.82) is 0 Å². The molecule has 0 rings (SSSR count). The maximum Gasteiger partial charge on any atom is 0.472 e. The summed E-state index contributed by atoms with van der Waals surface area (Å²) >= 11 is 0. The monoisotopic (exact) mass is 1430 g/mol. The Hall–Kier alpha value is -2.72. The summed E-state index contributed by atoms with van der Waals surface area (Å²) in [7, 11) is -9.93. The highest BCUT2D eigenvalue weighted by Gasteiger charge is 2.30. The van der Waals surface area contributed by atoms with Crippen LogP contribution in [0.3, 0.4) is 0 Å². The topological polar surface area (TPSA) is 237 Å². The van der Waals surface area contributed by atoms with Crippen molar-refractivity contribution in [1.82, 2.24) is 0 Å². The number of aliphatic hydroxyl groups is 1. The molecular formula is C79H148O17P2. The highest BCUT2D eigenvalue weighted by molar-refractivity contribution is 7.47. The van der Waals surface area contributed by atoms with Crippen LogP contribution >= 0.6 is 15.6 Å². The SMILES string of the molecule is CCCCCC/C=C\CCCCCCCC(=O)OC[C@H](COP(=O)(O)OC[C@H](O)COP(=O)(O)OC[C@@H](COC(=O)CCCCCCC/C=C\CCCCCCCC)OC(=O)CCCCCCC/C=C\CCCCCCCC)OC(=O)CCCCCCCCCCCCCCCCC. The Labute approximate surface area is 598 Å². The third kappa shape index (κ3) is 71.7. The fourth-order valence-corrected chi connectivity index (χ4v) is 13.0. The smallest absolute Gasteiger partial charge is 0.462 e. The van der Waals surface area contributed by atoms with E-state index in [-0.39, 0.29) is 25.7 Å². The second-order valence-electron chi connectivity index (χ2n) is 27.4. The van der Waals surface area contributed by atoms with Gasteiger partial charge in [0.15, 0.2) is 12.2 Å². The van der Waals surface area contributed by atoms with Crippen LogP contribution in [0, 0.1) is 0 Å². The van der Waals surface area contributed by atoms with Gasteiger partial charge in [-0.15, -0.1) is 0 Å². The molecule has 0 aliphatic carbocycles. The fraction of sp³-hybridized carbons (Fsp3) is 0.873. The molecule has 3 N–H and O–H groups in total. The number of hydrogen-bond donors (Lipinski definition) is 3. The lowest BCUT2D eigenvalue weighted by molar-refractivity contribution is -0.161. The van der Waals surface area contributed by atoms with Gasteiger partial charge in [-0.3, -0.25) is 37.3 Å². The van der Waals surface area contributed by atoms with Gasteiger partial charge >= 0.3 is 39.5 Å². The summed E-state index contributed by atoms with van der Waals surface area (Å²) in [5.41, 5.74) is 0. The summed E-state index contributed by atoms with van der Waals surface area (Å²) in [5.74, 6) is -2.16. The number of ether oxygens (including phenoxy) is 4. The first kappa shape index (κ1) is 95.3. The Balaban J connectivity index is 5.32. The molecule has 5 atom stereocenters. The zero-order valence-electron chi connectivity index (χ0n) is 63.0. The minimum absolute atomic E-state index is 0.0898. The van der Waals surface area contributed by atoms with Gasteiger partial charge in [0.2, 0.25) is 0 Å². The van der Waals surface area contributed by atoms with Crippen molar-refractivity contribution >= 4 is 39.5 Å². The summed E-state index contributed by atoms with van der Waals surface area (Å²) in [4.78, 5) is 72.9. The molecule has 0 saturated heterocycles. The number of phosphoric acid groups is 2. The standard InChI is InChI=1S/C79H148O17P2/c1-5-9-13-17-21-25-29-33-36-40-44-48-52-56-60-64-77(82)90-70-75(96-79(84)66-62-58-54-50-46-42-38-35-31-27-23-19-15-11-7-3)72-94-98(87,88)92-68-73(80)67-91-97(85,86)93-71-74(69-89-76(81)63-59-55-51-47-43-39-32-28-24-20-16-12-8-4)95-78(83)65-61-57-53-49-45-41-37-34-30-26-22-18-14-10-6-2/h28,32-33,35-36,38,73-75,80H,5-27,29-31,34,37,39-72H2,1-4H3,(H,85,86)(H,87,88)/b32-28-,36-33-,38-35-/t73-,74+,75+/m0/s1. The summed E-state index contributed by atoms with van der Waals surface area (Å²) < 4.78 is 68.6. The van der Waals surface area contributed by atoms with Crippen LogP contribution in [0.4, 0.5) is 0 Å². The lowest BCUT2D eigenvalue weighted by atomic mass is 10.0. The van der Waals surface area contributed by atoms with E-state index in [0.717, 1.165) is 141 Å². The van der Waals surface area contributed by atoms with E-state index < -0.39 is 97.5 Å². The van der Waals surface area contributed by atoms with Crippen molar-refractivity contribution in [2.45, 2.75) is 406 Å². The van der Waals surface area contributed by atoms with E-state index in [4.69, 9.17) is 37.0 Å². The number of carbonyl (C=O) groups is 4. The molecular weight excluding hydrogens is 1280 g/mol. The first-order valence-corrected chi connectivity index (χ1v) is 43.2. The molecule has 0 amide bonds. The molecule has 0 aromatic rings. The van der Waals surface area contributed by atoms with Crippen LogP contribution in [0.1, 0.15) is 387 Å². The van der Waals surface area contributed by atoms with Crippen molar-refractivity contribution in [3.8, 4) is 0 Å². The lowest BCUT2D eigenvalue weighted by Gasteiger charge is -2.21. The minimum atomic E-state index is -4.97. The normalized spacial score (nSPS) is 14.1. The molecule has 98 heavy (non-hydrogen) atoms. The summed E-state index contributed by atoms with van der Waals surface area (Å²) in [5, 5.41) is 10.6. The maximum atomic E-state index is 13.1. The minimum Gasteiger partial charge on any atom is -0.462 e. The van der Waals surface area contributed by atoms with Gasteiger partial charge in [0.25, 0.3) is 0 Å². The van der Waals surface area contributed by atoms with Crippen LogP contribution in [0.2, 0.25) is 0 Å². The van der Waals surface area contributed by atoms with Crippen LogP contribution in [-0.4, -0.2) is 96.7 Å². The first-order chi connectivity index (χ1) is 47.7. The van der Waals surface area contributed by atoms with Crippen LogP contribution in [0.15, 0.2) is 36.5 Å². The zero-order chi connectivity index (χ0) is 71.8. The van der Waals surface area contributed by atoms with E-state index in [9.17, 15) is 43.2 Å². The Kier molecular flexibility index (Phi) is 70.6.